The lowest BCUT2D eigenvalue weighted by Gasteiger charge is -2.14. The Kier molecular flexibility index (Phi) is 5.37. The van der Waals surface area contributed by atoms with Crippen molar-refractivity contribution in [2.45, 2.75) is 18.0 Å². The zero-order valence-electron chi connectivity index (χ0n) is 10.0. The molecule has 1 aromatic rings. The first kappa shape index (κ1) is 14.2. The Hall–Kier alpha value is -1.83. The Morgan fingerprint density at radius 3 is 2.72 bits per heavy atom. The van der Waals surface area contributed by atoms with E-state index in [-0.39, 0.29) is 17.5 Å². The lowest BCUT2D eigenvalue weighted by molar-refractivity contribution is -0.144. The molecule has 1 atom stereocenters. The lowest BCUT2D eigenvalue weighted by Crippen LogP contribution is -2.42. The van der Waals surface area contributed by atoms with Crippen LogP contribution in [0.3, 0.4) is 0 Å². The van der Waals surface area contributed by atoms with Gasteiger partial charge in [-0.2, -0.15) is 0 Å². The fraction of sp³-hybridized carbons (Fsp3) is 0.400. The first-order valence-corrected chi connectivity index (χ1v) is 6.07. The Balaban J connectivity index is 2.64. The molecule has 0 spiro atoms. The van der Waals surface area contributed by atoms with E-state index in [0.717, 1.165) is 0 Å². The number of nitrogen functional groups attached to an aromatic ring is 1. The molecule has 0 aliphatic heterocycles. The van der Waals surface area contributed by atoms with Crippen molar-refractivity contribution in [3.8, 4) is 0 Å². The van der Waals surface area contributed by atoms with E-state index < -0.39 is 12.0 Å². The number of carbonyl (C=O) groups is 2. The van der Waals surface area contributed by atoms with Crippen molar-refractivity contribution in [1.29, 1.82) is 0 Å². The smallest absolute Gasteiger partial charge is 0.329 e. The summed E-state index contributed by atoms with van der Waals surface area (Å²) >= 11 is 1.23. The molecule has 0 saturated heterocycles. The van der Waals surface area contributed by atoms with Crippen molar-refractivity contribution < 1.29 is 14.3 Å². The van der Waals surface area contributed by atoms with Crippen LogP contribution < -0.4 is 11.1 Å². The zero-order chi connectivity index (χ0) is 13.5. The molecule has 0 bridgehead atoms. The van der Waals surface area contributed by atoms with Gasteiger partial charge in [0.05, 0.1) is 7.11 Å². The van der Waals surface area contributed by atoms with Crippen LogP contribution in [0, 0.1) is 0 Å². The van der Waals surface area contributed by atoms with Crippen molar-refractivity contribution in [2.75, 3.05) is 18.6 Å². The highest BCUT2D eigenvalue weighted by molar-refractivity contribution is 7.99. The summed E-state index contributed by atoms with van der Waals surface area (Å²) < 4.78 is 4.60. The molecule has 0 aliphatic carbocycles. The van der Waals surface area contributed by atoms with Gasteiger partial charge in [-0.05, 0) is 0 Å². The van der Waals surface area contributed by atoms with Gasteiger partial charge < -0.3 is 15.8 Å². The van der Waals surface area contributed by atoms with Crippen LogP contribution in [0.15, 0.2) is 17.4 Å². The quantitative estimate of drug-likeness (QED) is 0.565. The SMILES string of the molecule is COC(=O)C(CSc1nccnc1N)NC(C)=O. The summed E-state index contributed by atoms with van der Waals surface area (Å²) in [5, 5.41) is 3.01. The van der Waals surface area contributed by atoms with Crippen molar-refractivity contribution in [1.82, 2.24) is 15.3 Å². The number of ether oxygens (including phenoxy) is 1. The third kappa shape index (κ3) is 4.21. The molecule has 1 rings (SSSR count). The van der Waals surface area contributed by atoms with Gasteiger partial charge in [0, 0.05) is 25.1 Å². The number of rotatable bonds is 5. The number of nitrogens with two attached hydrogens (primary N) is 1. The number of nitrogens with one attached hydrogen (secondary N) is 1. The van der Waals surface area contributed by atoms with Crippen LogP contribution in [-0.2, 0) is 14.3 Å². The summed E-state index contributed by atoms with van der Waals surface area (Å²) in [6.45, 7) is 1.33. The highest BCUT2D eigenvalue weighted by Crippen LogP contribution is 2.20. The van der Waals surface area contributed by atoms with Crippen LogP contribution in [0.4, 0.5) is 5.82 Å². The second kappa shape index (κ2) is 6.80. The van der Waals surface area contributed by atoms with Gasteiger partial charge in [0.2, 0.25) is 5.91 Å². The summed E-state index contributed by atoms with van der Waals surface area (Å²) in [6.07, 6.45) is 2.98. The molecule has 98 valence electrons. The number of aromatic nitrogens is 2. The van der Waals surface area contributed by atoms with Gasteiger partial charge in [0.15, 0.2) is 5.82 Å². The van der Waals surface area contributed by atoms with E-state index in [1.54, 1.807) is 0 Å². The summed E-state index contributed by atoms with van der Waals surface area (Å²) in [4.78, 5) is 30.3. The zero-order valence-corrected chi connectivity index (χ0v) is 10.9. The first-order chi connectivity index (χ1) is 8.54. The number of thioether (sulfide) groups is 1. The standard InChI is InChI=1S/C10H14N4O3S/c1-6(15)14-7(10(16)17-2)5-18-9-8(11)12-3-4-13-9/h3-4,7H,5H2,1-2H3,(H2,11,12)(H,14,15). The topological polar surface area (TPSA) is 107 Å². The molecular formula is C10H14N4O3S. The molecule has 0 radical (unpaired) electrons. The third-order valence-electron chi connectivity index (χ3n) is 1.94. The summed E-state index contributed by atoms with van der Waals surface area (Å²) in [5.41, 5.74) is 5.62. The van der Waals surface area contributed by atoms with Crippen molar-refractivity contribution in [3.63, 3.8) is 0 Å². The van der Waals surface area contributed by atoms with E-state index >= 15 is 0 Å². The third-order valence-corrected chi connectivity index (χ3v) is 3.03. The van der Waals surface area contributed by atoms with E-state index in [0.29, 0.717) is 5.03 Å². The van der Waals surface area contributed by atoms with Crippen molar-refractivity contribution >= 4 is 29.5 Å². The molecule has 0 aromatic carbocycles. The van der Waals surface area contributed by atoms with Crippen molar-refractivity contribution in [3.05, 3.63) is 12.4 Å². The molecule has 1 amide bonds. The fourth-order valence-corrected chi connectivity index (χ4v) is 2.05. The van der Waals surface area contributed by atoms with Gasteiger partial charge in [0.25, 0.3) is 0 Å². The second-order valence-corrected chi connectivity index (χ2v) is 4.34. The maximum Gasteiger partial charge on any atom is 0.329 e. The highest BCUT2D eigenvalue weighted by atomic mass is 32.2. The number of hydrogen-bond donors (Lipinski definition) is 2. The minimum atomic E-state index is -0.737. The summed E-state index contributed by atoms with van der Waals surface area (Å²) in [7, 11) is 1.26. The van der Waals surface area contributed by atoms with Crippen LogP contribution in [0.25, 0.3) is 0 Å². The Morgan fingerprint density at radius 1 is 1.50 bits per heavy atom. The van der Waals surface area contributed by atoms with Crippen LogP contribution in [-0.4, -0.2) is 40.7 Å². The monoisotopic (exact) mass is 270 g/mol. The minimum absolute atomic E-state index is 0.273. The maximum atomic E-state index is 11.4. The predicted molar refractivity (Wildman–Crippen MR) is 66.8 cm³/mol. The highest BCUT2D eigenvalue weighted by Gasteiger charge is 2.21. The average Bonchev–Trinajstić information content (AvgIpc) is 2.34. The van der Waals surface area contributed by atoms with Gasteiger partial charge in [-0.15, -0.1) is 0 Å². The van der Waals surface area contributed by atoms with Crippen LogP contribution in [0.2, 0.25) is 0 Å². The number of methoxy groups -OCH3 is 1. The molecule has 8 heteroatoms. The number of carbonyl (C=O) groups excluding carboxylic acids is 2. The van der Waals surface area contributed by atoms with Crippen LogP contribution >= 0.6 is 11.8 Å². The van der Waals surface area contributed by atoms with E-state index in [1.165, 1.54) is 38.2 Å². The molecule has 1 unspecified atom stereocenters. The Labute approximate surface area is 109 Å². The van der Waals surface area contributed by atoms with Gasteiger partial charge in [0.1, 0.15) is 11.1 Å². The summed E-state index contributed by atoms with van der Waals surface area (Å²) in [5.74, 6) is -0.262. The minimum Gasteiger partial charge on any atom is -0.467 e. The molecule has 1 heterocycles. The molecular weight excluding hydrogens is 256 g/mol. The van der Waals surface area contributed by atoms with Crippen LogP contribution in [0.5, 0.6) is 0 Å². The van der Waals surface area contributed by atoms with E-state index in [9.17, 15) is 9.59 Å². The molecule has 3 N–H and O–H groups in total. The average molecular weight is 270 g/mol. The molecule has 0 fully saturated rings. The fourth-order valence-electron chi connectivity index (χ4n) is 1.17. The Morgan fingerprint density at radius 2 is 2.17 bits per heavy atom. The predicted octanol–water partition coefficient (Wildman–Crippen LogP) is -0.171. The van der Waals surface area contributed by atoms with Crippen molar-refractivity contribution in [2.24, 2.45) is 0 Å². The van der Waals surface area contributed by atoms with Crippen LogP contribution in [0.1, 0.15) is 6.92 Å². The largest absolute Gasteiger partial charge is 0.467 e. The summed E-state index contributed by atoms with van der Waals surface area (Å²) in [6, 6.07) is -0.737. The molecule has 1 aromatic heterocycles. The second-order valence-electron chi connectivity index (χ2n) is 3.33. The molecule has 18 heavy (non-hydrogen) atoms. The van der Waals surface area contributed by atoms with Gasteiger partial charge in [-0.1, -0.05) is 11.8 Å². The number of anilines is 1. The van der Waals surface area contributed by atoms with E-state index in [4.69, 9.17) is 5.73 Å². The Bertz CT molecular complexity index is 441. The number of nitrogens with zero attached hydrogens (tertiary/aromatic N) is 2. The number of amides is 1. The maximum absolute atomic E-state index is 11.4. The van der Waals surface area contributed by atoms with Gasteiger partial charge in [-0.3, -0.25) is 4.79 Å². The van der Waals surface area contributed by atoms with Gasteiger partial charge in [-0.25, -0.2) is 14.8 Å². The normalized spacial score (nSPS) is 11.7. The number of hydrogen-bond acceptors (Lipinski definition) is 7. The lowest BCUT2D eigenvalue weighted by atomic mass is 10.3. The number of esters is 1. The van der Waals surface area contributed by atoms with E-state index in [2.05, 4.69) is 20.0 Å². The van der Waals surface area contributed by atoms with Gasteiger partial charge >= 0.3 is 5.97 Å². The molecule has 0 saturated carbocycles. The molecule has 7 nitrogen and oxygen atoms in total. The first-order valence-electron chi connectivity index (χ1n) is 5.08. The molecule has 0 aliphatic rings. The van der Waals surface area contributed by atoms with E-state index in [1.807, 2.05) is 0 Å².